The molecule has 6 nitrogen and oxygen atoms in total. The van der Waals surface area contributed by atoms with E-state index in [1.807, 2.05) is 42.5 Å². The molecule has 0 fully saturated rings. The van der Waals surface area contributed by atoms with Crippen LogP contribution in [0.25, 0.3) is 32.9 Å². The van der Waals surface area contributed by atoms with Crippen molar-refractivity contribution in [3.8, 4) is 16.9 Å². The molecule has 30 heavy (non-hydrogen) atoms. The Morgan fingerprint density at radius 2 is 1.87 bits per heavy atom. The van der Waals surface area contributed by atoms with Crippen molar-refractivity contribution in [2.24, 2.45) is 0 Å². The second kappa shape index (κ2) is 8.00. The van der Waals surface area contributed by atoms with E-state index in [9.17, 15) is 9.59 Å². The van der Waals surface area contributed by atoms with Gasteiger partial charge in [-0.3, -0.25) is 9.59 Å². The van der Waals surface area contributed by atoms with Gasteiger partial charge in [-0.15, -0.1) is 0 Å². The number of methoxy groups -OCH3 is 1. The number of rotatable bonds is 6. The fourth-order valence-corrected chi connectivity index (χ4v) is 3.67. The molecule has 3 N–H and O–H groups in total. The number of benzene rings is 3. The third kappa shape index (κ3) is 3.53. The van der Waals surface area contributed by atoms with Gasteiger partial charge in [0.25, 0.3) is 5.91 Å². The lowest BCUT2D eigenvalue weighted by Crippen LogP contribution is -2.26. The van der Waals surface area contributed by atoms with Crippen molar-refractivity contribution in [3.63, 3.8) is 0 Å². The lowest BCUT2D eigenvalue weighted by Gasteiger charge is -2.08. The molecule has 0 radical (unpaired) electrons. The molecule has 4 rings (SSSR count). The van der Waals surface area contributed by atoms with Gasteiger partial charge >= 0.3 is 0 Å². The Labute approximate surface area is 173 Å². The summed E-state index contributed by atoms with van der Waals surface area (Å²) in [4.78, 5) is 27.9. The van der Waals surface area contributed by atoms with Gasteiger partial charge in [0.1, 0.15) is 5.75 Å². The SMILES string of the molecule is COc1cccc(-c2cc(C(C)=O)c3[nH]c4cc(C(=O)NCCO)ccc4c3c2)c1. The average Bonchev–Trinajstić information content (AvgIpc) is 3.14. The molecule has 6 heteroatoms. The number of aromatic nitrogens is 1. The van der Waals surface area contributed by atoms with E-state index in [2.05, 4.69) is 10.3 Å². The zero-order valence-electron chi connectivity index (χ0n) is 16.8. The molecule has 1 aromatic heterocycles. The van der Waals surface area contributed by atoms with Crippen LogP contribution in [0.5, 0.6) is 5.75 Å². The summed E-state index contributed by atoms with van der Waals surface area (Å²) in [5, 5.41) is 13.4. The smallest absolute Gasteiger partial charge is 0.251 e. The molecule has 4 aromatic rings. The van der Waals surface area contributed by atoms with Crippen LogP contribution >= 0.6 is 0 Å². The Hall–Kier alpha value is -3.64. The van der Waals surface area contributed by atoms with Crippen molar-refractivity contribution in [1.29, 1.82) is 0 Å². The van der Waals surface area contributed by atoms with Crippen molar-refractivity contribution < 1.29 is 19.4 Å². The third-order valence-electron chi connectivity index (χ3n) is 5.15. The second-order valence-electron chi connectivity index (χ2n) is 7.10. The minimum absolute atomic E-state index is 0.0442. The lowest BCUT2D eigenvalue weighted by atomic mass is 9.97. The number of hydrogen-bond acceptors (Lipinski definition) is 4. The number of aliphatic hydroxyl groups excluding tert-OH is 1. The number of aromatic amines is 1. The second-order valence-corrected chi connectivity index (χ2v) is 7.10. The summed E-state index contributed by atoms with van der Waals surface area (Å²) in [5.74, 6) is 0.445. The predicted octanol–water partition coefficient (Wildman–Crippen LogP) is 3.92. The van der Waals surface area contributed by atoms with Crippen LogP contribution in [0.15, 0.2) is 54.6 Å². The number of Topliss-reactive ketones (excluding diaryl/α,β-unsaturated/α-hetero) is 1. The number of amides is 1. The van der Waals surface area contributed by atoms with E-state index in [0.717, 1.165) is 38.7 Å². The number of aliphatic hydroxyl groups is 1. The van der Waals surface area contributed by atoms with E-state index in [0.29, 0.717) is 11.1 Å². The highest BCUT2D eigenvalue weighted by Crippen LogP contribution is 2.34. The molecule has 1 amide bonds. The minimum Gasteiger partial charge on any atom is -0.497 e. The van der Waals surface area contributed by atoms with Gasteiger partial charge in [-0.2, -0.15) is 0 Å². The summed E-state index contributed by atoms with van der Waals surface area (Å²) < 4.78 is 5.33. The first-order chi connectivity index (χ1) is 14.5. The number of hydrogen-bond donors (Lipinski definition) is 3. The molecule has 0 unspecified atom stereocenters. The van der Waals surface area contributed by atoms with E-state index in [-0.39, 0.29) is 24.8 Å². The first-order valence-electron chi connectivity index (χ1n) is 9.65. The van der Waals surface area contributed by atoms with Crippen LogP contribution < -0.4 is 10.1 Å². The Kier molecular flexibility index (Phi) is 5.25. The molecule has 0 saturated carbocycles. The molecule has 0 aliphatic carbocycles. The van der Waals surface area contributed by atoms with Gasteiger partial charge in [-0.1, -0.05) is 18.2 Å². The first-order valence-corrected chi connectivity index (χ1v) is 9.65. The fourth-order valence-electron chi connectivity index (χ4n) is 3.67. The molecule has 152 valence electrons. The lowest BCUT2D eigenvalue weighted by molar-refractivity contribution is 0.0944. The monoisotopic (exact) mass is 402 g/mol. The zero-order chi connectivity index (χ0) is 21.3. The van der Waals surface area contributed by atoms with Crippen molar-refractivity contribution >= 4 is 33.5 Å². The number of carbonyl (C=O) groups excluding carboxylic acids is 2. The normalized spacial score (nSPS) is 11.0. The predicted molar refractivity (Wildman–Crippen MR) is 117 cm³/mol. The number of H-pyrrole nitrogens is 1. The van der Waals surface area contributed by atoms with E-state index in [4.69, 9.17) is 9.84 Å². The highest BCUT2D eigenvalue weighted by Gasteiger charge is 2.16. The highest BCUT2D eigenvalue weighted by atomic mass is 16.5. The highest BCUT2D eigenvalue weighted by molar-refractivity contribution is 6.17. The number of fused-ring (bicyclic) bond motifs is 3. The zero-order valence-corrected chi connectivity index (χ0v) is 16.8. The summed E-state index contributed by atoms with van der Waals surface area (Å²) in [5.41, 5.74) is 4.46. The standard InChI is InChI=1S/C24H22N2O4/c1-14(28)20-11-17(15-4-3-5-18(10-15)30-2)12-21-19-7-6-16(24(29)25-8-9-27)13-22(19)26-23(20)21/h3-7,10-13,26-27H,8-9H2,1-2H3,(H,25,29). The summed E-state index contributed by atoms with van der Waals surface area (Å²) in [6.45, 7) is 1.63. The van der Waals surface area contributed by atoms with Crippen LogP contribution in [0.2, 0.25) is 0 Å². The van der Waals surface area contributed by atoms with Crippen LogP contribution in [-0.4, -0.2) is 42.0 Å². The Bertz CT molecular complexity index is 1270. The molecular formula is C24H22N2O4. The topological polar surface area (TPSA) is 91.4 Å². The summed E-state index contributed by atoms with van der Waals surface area (Å²) in [6, 6.07) is 17.0. The minimum atomic E-state index is -0.256. The molecule has 0 saturated heterocycles. The number of ether oxygens (including phenoxy) is 1. The average molecular weight is 402 g/mol. The Balaban J connectivity index is 1.90. The number of carbonyl (C=O) groups is 2. The molecular weight excluding hydrogens is 380 g/mol. The van der Waals surface area contributed by atoms with Crippen molar-refractivity contribution in [2.45, 2.75) is 6.92 Å². The molecule has 1 heterocycles. The fraction of sp³-hybridized carbons (Fsp3) is 0.167. The van der Waals surface area contributed by atoms with Gasteiger partial charge in [0.2, 0.25) is 0 Å². The van der Waals surface area contributed by atoms with Crippen molar-refractivity contribution in [2.75, 3.05) is 20.3 Å². The first kappa shape index (κ1) is 19.7. The molecule has 0 aliphatic heterocycles. The van der Waals surface area contributed by atoms with Gasteiger partial charge in [0.15, 0.2) is 5.78 Å². The van der Waals surface area contributed by atoms with Crippen LogP contribution in [0, 0.1) is 0 Å². The largest absolute Gasteiger partial charge is 0.497 e. The van der Waals surface area contributed by atoms with Gasteiger partial charge in [0, 0.05) is 34.0 Å². The van der Waals surface area contributed by atoms with E-state index >= 15 is 0 Å². The number of ketones is 1. The third-order valence-corrected chi connectivity index (χ3v) is 5.15. The Morgan fingerprint density at radius 1 is 1.03 bits per heavy atom. The molecule has 0 bridgehead atoms. The van der Waals surface area contributed by atoms with E-state index in [1.165, 1.54) is 0 Å². The molecule has 0 atom stereocenters. The molecule has 3 aromatic carbocycles. The van der Waals surface area contributed by atoms with Gasteiger partial charge in [-0.05, 0) is 54.4 Å². The van der Waals surface area contributed by atoms with Crippen molar-refractivity contribution in [1.82, 2.24) is 10.3 Å². The van der Waals surface area contributed by atoms with Crippen LogP contribution in [0.1, 0.15) is 27.6 Å². The maximum atomic E-state index is 12.4. The summed E-state index contributed by atoms with van der Waals surface area (Å²) >= 11 is 0. The maximum absolute atomic E-state index is 12.4. The summed E-state index contributed by atoms with van der Waals surface area (Å²) in [7, 11) is 1.62. The van der Waals surface area contributed by atoms with E-state index < -0.39 is 0 Å². The Morgan fingerprint density at radius 3 is 2.60 bits per heavy atom. The van der Waals surface area contributed by atoms with Gasteiger partial charge in [0.05, 0.1) is 19.2 Å². The van der Waals surface area contributed by atoms with Gasteiger partial charge in [-0.25, -0.2) is 0 Å². The van der Waals surface area contributed by atoms with Crippen LogP contribution in [-0.2, 0) is 0 Å². The van der Waals surface area contributed by atoms with Crippen LogP contribution in [0.3, 0.4) is 0 Å². The maximum Gasteiger partial charge on any atom is 0.251 e. The molecule has 0 aliphatic rings. The van der Waals surface area contributed by atoms with Gasteiger partial charge < -0.3 is 20.1 Å². The quantitative estimate of drug-likeness (QED) is 0.426. The molecule has 0 spiro atoms. The van der Waals surface area contributed by atoms with E-state index in [1.54, 1.807) is 26.2 Å². The summed E-state index contributed by atoms with van der Waals surface area (Å²) in [6.07, 6.45) is 0. The van der Waals surface area contributed by atoms with Crippen LogP contribution in [0.4, 0.5) is 0 Å². The number of nitrogens with one attached hydrogen (secondary N) is 2. The van der Waals surface area contributed by atoms with Crippen molar-refractivity contribution in [3.05, 3.63) is 65.7 Å².